The molecule has 0 bridgehead atoms. The minimum Gasteiger partial charge on any atom is -0.488 e. The third-order valence-electron chi connectivity index (χ3n) is 1.38. The Morgan fingerprint density at radius 2 is 2.40 bits per heavy atom. The van der Waals surface area contributed by atoms with E-state index in [1.54, 1.807) is 10.8 Å². The minimum atomic E-state index is -0.943. The van der Waals surface area contributed by atoms with E-state index < -0.39 is 10.8 Å². The molecular formula is C7H6O2S. The van der Waals surface area contributed by atoms with Gasteiger partial charge < -0.3 is 4.74 Å². The Morgan fingerprint density at radius 1 is 1.50 bits per heavy atom. The number of rotatable bonds is 0. The molecule has 0 N–H and O–H groups in total. The lowest BCUT2D eigenvalue weighted by atomic mass is 10.2. The van der Waals surface area contributed by atoms with Crippen LogP contribution in [0.4, 0.5) is 0 Å². The Balaban J connectivity index is 2.46. The van der Waals surface area contributed by atoms with E-state index in [-0.39, 0.29) is 0 Å². The van der Waals surface area contributed by atoms with Crippen LogP contribution in [0.25, 0.3) is 0 Å². The molecule has 10 heavy (non-hydrogen) atoms. The Hall–Kier alpha value is -0.830. The smallest absolute Gasteiger partial charge is 0.136 e. The molecule has 0 saturated carbocycles. The van der Waals surface area contributed by atoms with Gasteiger partial charge in [-0.1, -0.05) is 6.08 Å². The number of ether oxygens (including phenoxy) is 1. The third kappa shape index (κ3) is 0.827. The van der Waals surface area contributed by atoms with Crippen LogP contribution in [-0.2, 0) is 15.5 Å². The summed E-state index contributed by atoms with van der Waals surface area (Å²) in [7, 11) is -0.943. The second kappa shape index (κ2) is 2.09. The second-order valence-electron chi connectivity index (χ2n) is 2.10. The summed E-state index contributed by atoms with van der Waals surface area (Å²) in [5.41, 5.74) is 0.949. The summed E-state index contributed by atoms with van der Waals surface area (Å²) in [6.45, 7) is 0.598. The lowest BCUT2D eigenvalue weighted by Crippen LogP contribution is -1.97. The van der Waals surface area contributed by atoms with E-state index in [9.17, 15) is 4.21 Å². The maximum Gasteiger partial charge on any atom is 0.136 e. The number of hydrogen-bond donors (Lipinski definition) is 0. The molecule has 1 atom stereocenters. The van der Waals surface area contributed by atoms with Crippen molar-refractivity contribution in [2.45, 2.75) is 0 Å². The molecule has 2 rings (SSSR count). The summed E-state index contributed by atoms with van der Waals surface area (Å²) in [5.74, 6) is 0.765. The van der Waals surface area contributed by atoms with Crippen LogP contribution in [0.1, 0.15) is 0 Å². The molecule has 0 spiro atoms. The molecule has 0 aliphatic carbocycles. The van der Waals surface area contributed by atoms with E-state index in [1.807, 2.05) is 12.2 Å². The molecule has 2 nitrogen and oxygen atoms in total. The molecule has 2 aliphatic rings. The van der Waals surface area contributed by atoms with Crippen molar-refractivity contribution < 1.29 is 8.95 Å². The van der Waals surface area contributed by atoms with Crippen molar-refractivity contribution in [2.24, 2.45) is 0 Å². The van der Waals surface area contributed by atoms with Gasteiger partial charge in [-0.2, -0.15) is 0 Å². The van der Waals surface area contributed by atoms with Crippen molar-refractivity contribution in [2.75, 3.05) is 6.61 Å². The highest BCUT2D eigenvalue weighted by atomic mass is 32.2. The van der Waals surface area contributed by atoms with Gasteiger partial charge in [0.05, 0.1) is 10.8 Å². The second-order valence-corrected chi connectivity index (χ2v) is 3.23. The van der Waals surface area contributed by atoms with E-state index >= 15 is 0 Å². The van der Waals surface area contributed by atoms with Crippen molar-refractivity contribution in [3.05, 3.63) is 34.3 Å². The minimum absolute atomic E-state index is 0.598. The monoisotopic (exact) mass is 154 g/mol. The molecule has 2 aliphatic heterocycles. The van der Waals surface area contributed by atoms with Crippen molar-refractivity contribution in [1.29, 1.82) is 0 Å². The lowest BCUT2D eigenvalue weighted by Gasteiger charge is -2.09. The van der Waals surface area contributed by atoms with Crippen LogP contribution in [0, 0.1) is 0 Å². The Bertz CT molecular complexity index is 273. The first kappa shape index (κ1) is 5.92. The highest BCUT2D eigenvalue weighted by Crippen LogP contribution is 2.24. The average molecular weight is 154 g/mol. The third-order valence-corrected chi connectivity index (χ3v) is 2.32. The summed E-state index contributed by atoms with van der Waals surface area (Å²) in [4.78, 5) is 0. The normalized spacial score (nSPS) is 28.6. The molecule has 0 saturated heterocycles. The number of hydrogen-bond acceptors (Lipinski definition) is 2. The Morgan fingerprint density at radius 3 is 3.20 bits per heavy atom. The van der Waals surface area contributed by atoms with Gasteiger partial charge in [0.1, 0.15) is 12.4 Å². The van der Waals surface area contributed by atoms with E-state index in [1.165, 1.54) is 0 Å². The molecule has 3 heteroatoms. The van der Waals surface area contributed by atoms with Gasteiger partial charge in [-0.3, -0.25) is 4.21 Å². The molecule has 0 aromatic carbocycles. The largest absolute Gasteiger partial charge is 0.488 e. The zero-order valence-corrected chi connectivity index (χ0v) is 6.06. The van der Waals surface area contributed by atoms with Crippen molar-refractivity contribution in [3.8, 4) is 0 Å². The highest BCUT2D eigenvalue weighted by molar-refractivity contribution is 7.91. The zero-order valence-electron chi connectivity index (χ0n) is 5.24. The van der Waals surface area contributed by atoms with Gasteiger partial charge in [-0.05, 0) is 6.08 Å². The summed E-state index contributed by atoms with van der Waals surface area (Å²) < 4.78 is 16.0. The number of allylic oxidation sites excluding steroid dienone is 1. The van der Waals surface area contributed by atoms with Crippen molar-refractivity contribution in [3.63, 3.8) is 0 Å². The van der Waals surface area contributed by atoms with Crippen LogP contribution < -0.4 is 0 Å². The molecule has 0 aromatic heterocycles. The molecule has 1 unspecified atom stereocenters. The van der Waals surface area contributed by atoms with Gasteiger partial charge in [-0.15, -0.1) is 0 Å². The summed E-state index contributed by atoms with van der Waals surface area (Å²) in [6, 6.07) is 0. The van der Waals surface area contributed by atoms with Crippen LogP contribution in [0.2, 0.25) is 0 Å². The van der Waals surface area contributed by atoms with Gasteiger partial charge >= 0.3 is 0 Å². The maximum absolute atomic E-state index is 10.9. The van der Waals surface area contributed by atoms with Gasteiger partial charge in [0.15, 0.2) is 0 Å². The lowest BCUT2D eigenvalue weighted by molar-refractivity contribution is 0.253. The fourth-order valence-electron chi connectivity index (χ4n) is 0.943. The zero-order chi connectivity index (χ0) is 6.97. The SMILES string of the molecule is O=S1C=C2C=CCOC2=C1. The van der Waals surface area contributed by atoms with Gasteiger partial charge in [-0.25, -0.2) is 0 Å². The molecule has 0 radical (unpaired) electrons. The average Bonchev–Trinajstić information content (AvgIpc) is 2.27. The maximum atomic E-state index is 10.9. The molecular weight excluding hydrogens is 148 g/mol. The highest BCUT2D eigenvalue weighted by Gasteiger charge is 2.15. The number of fused-ring (bicyclic) bond motifs is 1. The van der Waals surface area contributed by atoms with Crippen LogP contribution in [0.3, 0.4) is 0 Å². The predicted molar refractivity (Wildman–Crippen MR) is 39.4 cm³/mol. The van der Waals surface area contributed by atoms with Crippen LogP contribution >= 0.6 is 0 Å². The van der Waals surface area contributed by atoms with Crippen LogP contribution in [-0.4, -0.2) is 10.8 Å². The molecule has 0 fully saturated rings. The molecule has 0 aromatic rings. The van der Waals surface area contributed by atoms with Crippen LogP contribution in [0.15, 0.2) is 34.3 Å². The first-order valence-electron chi connectivity index (χ1n) is 2.99. The summed E-state index contributed by atoms with van der Waals surface area (Å²) in [5, 5.41) is 3.31. The van der Waals surface area contributed by atoms with Crippen LogP contribution in [0.5, 0.6) is 0 Å². The Kier molecular flexibility index (Phi) is 1.24. The Labute approximate surface area is 61.3 Å². The van der Waals surface area contributed by atoms with Crippen molar-refractivity contribution >= 4 is 10.8 Å². The first-order chi connectivity index (χ1) is 4.86. The first-order valence-corrected chi connectivity index (χ1v) is 4.26. The molecule has 2 heterocycles. The fraction of sp³-hybridized carbons (Fsp3) is 0.143. The van der Waals surface area contributed by atoms with Gasteiger partial charge in [0.25, 0.3) is 0 Å². The van der Waals surface area contributed by atoms with Crippen molar-refractivity contribution in [1.82, 2.24) is 0 Å². The van der Waals surface area contributed by atoms with Gasteiger partial charge in [0, 0.05) is 16.4 Å². The fourth-order valence-corrected chi connectivity index (χ4v) is 1.87. The summed E-state index contributed by atoms with van der Waals surface area (Å²) >= 11 is 0. The van der Waals surface area contributed by atoms with E-state index in [0.717, 1.165) is 11.3 Å². The quantitative estimate of drug-likeness (QED) is 0.521. The topological polar surface area (TPSA) is 26.3 Å². The summed E-state index contributed by atoms with van der Waals surface area (Å²) in [6.07, 6.45) is 3.84. The predicted octanol–water partition coefficient (Wildman–Crippen LogP) is 1.06. The van der Waals surface area contributed by atoms with Gasteiger partial charge in [0.2, 0.25) is 0 Å². The molecule has 52 valence electrons. The van der Waals surface area contributed by atoms with E-state index in [2.05, 4.69) is 0 Å². The standard InChI is InChI=1S/C7H6O2S/c8-10-4-6-2-1-3-9-7(6)5-10/h1-2,4-5H,3H2. The van der Waals surface area contributed by atoms with E-state index in [0.29, 0.717) is 6.61 Å². The van der Waals surface area contributed by atoms with E-state index in [4.69, 9.17) is 4.74 Å². The molecule has 0 amide bonds.